The second-order valence-corrected chi connectivity index (χ2v) is 7.08. The average molecular weight is 401 g/mol. The number of carboxylic acid groups (broad SMARTS) is 1. The third-order valence-electron chi connectivity index (χ3n) is 4.98. The molecule has 1 heterocycles. The highest BCUT2D eigenvalue weighted by Gasteiger charge is 2.29. The summed E-state index contributed by atoms with van der Waals surface area (Å²) in [6.45, 7) is 3.16. The minimum absolute atomic E-state index is 0.00651. The average Bonchev–Trinajstić information content (AvgIpc) is 2.71. The van der Waals surface area contributed by atoms with Crippen molar-refractivity contribution in [3.05, 3.63) is 65.5 Å². The van der Waals surface area contributed by atoms with E-state index in [2.05, 4.69) is 22.3 Å². The van der Waals surface area contributed by atoms with E-state index in [1.807, 2.05) is 18.2 Å². The predicted octanol–water partition coefficient (Wildman–Crippen LogP) is 2.05. The molecular weight excluding hydrogens is 377 g/mol. The summed E-state index contributed by atoms with van der Waals surface area (Å²) in [6, 6.07) is 12.8. The fourth-order valence-corrected chi connectivity index (χ4v) is 3.45. The summed E-state index contributed by atoms with van der Waals surface area (Å²) in [5, 5.41) is 20.6. The number of hydrogen-bond donors (Lipinski definition) is 3. The van der Waals surface area contributed by atoms with Gasteiger partial charge >= 0.3 is 6.09 Å². The van der Waals surface area contributed by atoms with Gasteiger partial charge in [0.05, 0.1) is 0 Å². The van der Waals surface area contributed by atoms with Crippen LogP contribution in [0.2, 0.25) is 0 Å². The van der Waals surface area contributed by atoms with Crippen molar-refractivity contribution in [2.45, 2.75) is 19.0 Å². The van der Waals surface area contributed by atoms with E-state index in [9.17, 15) is 19.1 Å². The van der Waals surface area contributed by atoms with E-state index < -0.39 is 23.7 Å². The molecule has 0 aromatic heterocycles. The Labute approximate surface area is 168 Å². The number of carbonyl (C=O) groups is 2. The van der Waals surface area contributed by atoms with Crippen LogP contribution in [0.3, 0.4) is 0 Å². The minimum atomic E-state index is -1.31. The number of aromatic hydroxyl groups is 1. The molecule has 0 bridgehead atoms. The second-order valence-electron chi connectivity index (χ2n) is 7.08. The van der Waals surface area contributed by atoms with Crippen LogP contribution in [0.1, 0.15) is 11.1 Å². The summed E-state index contributed by atoms with van der Waals surface area (Å²) in [6.07, 6.45) is -1.31. The summed E-state index contributed by atoms with van der Waals surface area (Å²) in [5.74, 6) is -1.63. The van der Waals surface area contributed by atoms with Gasteiger partial charge in [0.2, 0.25) is 5.91 Å². The van der Waals surface area contributed by atoms with E-state index in [1.54, 1.807) is 4.90 Å². The largest absolute Gasteiger partial charge is 0.505 e. The summed E-state index contributed by atoms with van der Waals surface area (Å²) in [7, 11) is 0. The number of nitrogens with zero attached hydrogens (tertiary/aromatic N) is 2. The molecule has 0 unspecified atom stereocenters. The van der Waals surface area contributed by atoms with Gasteiger partial charge in [0.1, 0.15) is 6.04 Å². The van der Waals surface area contributed by atoms with Gasteiger partial charge in [0.15, 0.2) is 11.6 Å². The number of benzene rings is 2. The molecule has 3 rings (SSSR count). The first-order valence-corrected chi connectivity index (χ1v) is 9.44. The molecule has 1 saturated heterocycles. The van der Waals surface area contributed by atoms with Crippen molar-refractivity contribution in [2.24, 2.45) is 0 Å². The molecule has 8 heteroatoms. The lowest BCUT2D eigenvalue weighted by atomic mass is 10.0. The van der Waals surface area contributed by atoms with Crippen molar-refractivity contribution in [1.82, 2.24) is 15.1 Å². The Hall–Kier alpha value is -3.13. The van der Waals surface area contributed by atoms with Gasteiger partial charge in [-0.2, -0.15) is 0 Å². The second kappa shape index (κ2) is 9.38. The van der Waals surface area contributed by atoms with Crippen LogP contribution in [0, 0.1) is 5.82 Å². The zero-order valence-electron chi connectivity index (χ0n) is 15.9. The molecule has 1 aliphatic rings. The SMILES string of the molecule is O=C(O)N[C@@H](Cc1ccc(O)c(F)c1)C(=O)N1CCN(Cc2ccccc2)CC1. The lowest BCUT2D eigenvalue weighted by Crippen LogP contribution is -2.55. The highest BCUT2D eigenvalue weighted by molar-refractivity contribution is 5.85. The third kappa shape index (κ3) is 5.68. The normalized spacial score (nSPS) is 15.7. The molecule has 2 aromatic rings. The topological polar surface area (TPSA) is 93.1 Å². The van der Waals surface area contributed by atoms with Crippen molar-refractivity contribution in [2.75, 3.05) is 26.2 Å². The first-order chi connectivity index (χ1) is 13.9. The molecule has 154 valence electrons. The van der Waals surface area contributed by atoms with Crippen LogP contribution >= 0.6 is 0 Å². The van der Waals surface area contributed by atoms with Crippen LogP contribution in [-0.2, 0) is 17.8 Å². The van der Waals surface area contributed by atoms with Gasteiger partial charge < -0.3 is 20.4 Å². The zero-order valence-corrected chi connectivity index (χ0v) is 15.9. The molecule has 1 atom stereocenters. The van der Waals surface area contributed by atoms with Crippen LogP contribution < -0.4 is 5.32 Å². The van der Waals surface area contributed by atoms with Crippen molar-refractivity contribution in [3.8, 4) is 5.75 Å². The molecule has 29 heavy (non-hydrogen) atoms. The molecule has 2 aromatic carbocycles. The number of amides is 2. The first-order valence-electron chi connectivity index (χ1n) is 9.44. The Bertz CT molecular complexity index is 854. The lowest BCUT2D eigenvalue weighted by Gasteiger charge is -2.36. The maximum absolute atomic E-state index is 13.6. The smallest absolute Gasteiger partial charge is 0.405 e. The molecule has 1 aliphatic heterocycles. The van der Waals surface area contributed by atoms with E-state index >= 15 is 0 Å². The Morgan fingerprint density at radius 3 is 2.34 bits per heavy atom. The number of nitrogens with one attached hydrogen (secondary N) is 1. The minimum Gasteiger partial charge on any atom is -0.505 e. The van der Waals surface area contributed by atoms with Gasteiger partial charge in [-0.1, -0.05) is 36.4 Å². The van der Waals surface area contributed by atoms with Gasteiger partial charge in [-0.15, -0.1) is 0 Å². The maximum atomic E-state index is 13.6. The molecule has 0 aliphatic carbocycles. The van der Waals surface area contributed by atoms with E-state index in [4.69, 9.17) is 5.11 Å². The van der Waals surface area contributed by atoms with E-state index in [1.165, 1.54) is 17.7 Å². The van der Waals surface area contributed by atoms with Crippen LogP contribution in [0.5, 0.6) is 5.75 Å². The Morgan fingerprint density at radius 1 is 1.03 bits per heavy atom. The third-order valence-corrected chi connectivity index (χ3v) is 4.98. The fourth-order valence-electron chi connectivity index (χ4n) is 3.45. The summed E-state index contributed by atoms with van der Waals surface area (Å²) in [4.78, 5) is 27.9. The molecule has 0 radical (unpaired) electrons. The van der Waals surface area contributed by atoms with Crippen molar-refractivity contribution in [3.63, 3.8) is 0 Å². The van der Waals surface area contributed by atoms with Crippen molar-refractivity contribution in [1.29, 1.82) is 0 Å². The number of carbonyl (C=O) groups excluding carboxylic acids is 1. The van der Waals surface area contributed by atoms with E-state index in [0.717, 1.165) is 12.6 Å². The fraction of sp³-hybridized carbons (Fsp3) is 0.333. The number of rotatable bonds is 6. The van der Waals surface area contributed by atoms with Crippen LogP contribution in [0.15, 0.2) is 48.5 Å². The Morgan fingerprint density at radius 2 is 1.72 bits per heavy atom. The van der Waals surface area contributed by atoms with E-state index in [0.29, 0.717) is 31.7 Å². The lowest BCUT2D eigenvalue weighted by molar-refractivity contribution is -0.135. The highest BCUT2D eigenvalue weighted by Crippen LogP contribution is 2.18. The summed E-state index contributed by atoms with van der Waals surface area (Å²) >= 11 is 0. The first kappa shape index (κ1) is 20.6. The zero-order chi connectivity index (χ0) is 20.8. The Kier molecular flexibility index (Phi) is 6.66. The number of phenols is 1. The van der Waals surface area contributed by atoms with Gasteiger partial charge in [0, 0.05) is 39.1 Å². The molecular formula is C21H24FN3O4. The van der Waals surface area contributed by atoms with Gasteiger partial charge in [-0.25, -0.2) is 9.18 Å². The highest BCUT2D eigenvalue weighted by atomic mass is 19.1. The molecule has 0 spiro atoms. The van der Waals surface area contributed by atoms with Gasteiger partial charge in [-0.3, -0.25) is 9.69 Å². The molecule has 2 amide bonds. The number of phenolic OH excluding ortho intramolecular Hbond substituents is 1. The maximum Gasteiger partial charge on any atom is 0.405 e. The van der Waals surface area contributed by atoms with Crippen molar-refractivity contribution >= 4 is 12.0 Å². The van der Waals surface area contributed by atoms with Crippen LogP contribution in [-0.4, -0.2) is 64.2 Å². The molecule has 7 nitrogen and oxygen atoms in total. The van der Waals surface area contributed by atoms with Gasteiger partial charge in [-0.05, 0) is 23.3 Å². The van der Waals surface area contributed by atoms with E-state index in [-0.39, 0.29) is 12.3 Å². The van der Waals surface area contributed by atoms with Crippen LogP contribution in [0.4, 0.5) is 9.18 Å². The predicted molar refractivity (Wildman–Crippen MR) is 105 cm³/mol. The molecule has 1 fully saturated rings. The number of hydrogen-bond acceptors (Lipinski definition) is 4. The monoisotopic (exact) mass is 401 g/mol. The quantitative estimate of drug-likeness (QED) is 0.689. The van der Waals surface area contributed by atoms with Crippen LogP contribution in [0.25, 0.3) is 0 Å². The number of piperazine rings is 1. The summed E-state index contributed by atoms with van der Waals surface area (Å²) in [5.41, 5.74) is 1.63. The van der Waals surface area contributed by atoms with Crippen molar-refractivity contribution < 1.29 is 24.2 Å². The Balaban J connectivity index is 1.60. The van der Waals surface area contributed by atoms with Gasteiger partial charge in [0.25, 0.3) is 0 Å². The number of halogens is 1. The molecule has 0 saturated carbocycles. The summed E-state index contributed by atoms with van der Waals surface area (Å²) < 4.78 is 13.6. The standard InChI is InChI=1S/C21H24FN3O4/c22-17-12-16(6-7-19(17)26)13-18(23-21(28)29)20(27)25-10-8-24(9-11-25)14-15-4-2-1-3-5-15/h1-7,12,18,23,26H,8-11,13-14H2,(H,28,29)/t18-/m0/s1. The molecule has 3 N–H and O–H groups in total.